The van der Waals surface area contributed by atoms with Gasteiger partial charge < -0.3 is 0 Å². The van der Waals surface area contributed by atoms with Crippen LogP contribution in [-0.2, 0) is 12.8 Å². The van der Waals surface area contributed by atoms with Crippen LogP contribution in [0.3, 0.4) is 0 Å². The normalized spacial score (nSPS) is 16.6. The van der Waals surface area contributed by atoms with E-state index in [1.165, 1.54) is 30.4 Å². The van der Waals surface area contributed by atoms with Gasteiger partial charge >= 0.3 is 0 Å². The van der Waals surface area contributed by atoms with E-state index in [0.29, 0.717) is 5.78 Å². The van der Waals surface area contributed by atoms with E-state index in [1.54, 1.807) is 0 Å². The van der Waals surface area contributed by atoms with E-state index in [-0.39, 0.29) is 5.92 Å². The van der Waals surface area contributed by atoms with E-state index in [2.05, 4.69) is 19.1 Å². The van der Waals surface area contributed by atoms with Crippen LogP contribution >= 0.6 is 0 Å². The first-order valence-corrected chi connectivity index (χ1v) is 6.38. The molecule has 0 aliphatic heterocycles. The predicted molar refractivity (Wildman–Crippen MR) is 66.9 cm³/mol. The molecule has 0 saturated carbocycles. The Bertz CT molecular complexity index is 392. The second-order valence-corrected chi connectivity index (χ2v) is 4.86. The maximum atomic E-state index is 12.1. The highest BCUT2D eigenvalue weighted by atomic mass is 16.1. The van der Waals surface area contributed by atoms with Crippen molar-refractivity contribution in [3.8, 4) is 0 Å². The van der Waals surface area contributed by atoms with Crippen molar-refractivity contribution in [1.29, 1.82) is 0 Å². The van der Waals surface area contributed by atoms with Crippen molar-refractivity contribution < 1.29 is 4.79 Å². The summed E-state index contributed by atoms with van der Waals surface area (Å²) in [5.74, 6) is 0.456. The number of carbonyl (C=O) groups excluding carboxylic acids is 1. The highest BCUT2D eigenvalue weighted by Crippen LogP contribution is 2.23. The Morgan fingerprint density at radius 2 is 1.94 bits per heavy atom. The lowest BCUT2D eigenvalue weighted by molar-refractivity contribution is 0.0927. The number of rotatable bonds is 3. The summed E-state index contributed by atoms with van der Waals surface area (Å²) in [6, 6.07) is 6.30. The fourth-order valence-corrected chi connectivity index (χ4v) is 2.36. The molecule has 0 heterocycles. The second-order valence-electron chi connectivity index (χ2n) is 4.86. The van der Waals surface area contributed by atoms with E-state index in [1.807, 2.05) is 13.0 Å². The molecule has 0 bridgehead atoms. The van der Waals surface area contributed by atoms with Gasteiger partial charge in [0.05, 0.1) is 0 Å². The van der Waals surface area contributed by atoms with Crippen molar-refractivity contribution in [2.75, 3.05) is 0 Å². The third-order valence-electron chi connectivity index (χ3n) is 3.69. The average molecular weight is 216 g/mol. The lowest BCUT2D eigenvalue weighted by Crippen LogP contribution is -2.12. The van der Waals surface area contributed by atoms with Crippen LogP contribution < -0.4 is 0 Å². The number of aryl methyl sites for hydroxylation is 2. The molecule has 0 spiro atoms. The quantitative estimate of drug-likeness (QED) is 0.702. The summed E-state index contributed by atoms with van der Waals surface area (Å²) in [5, 5.41) is 0. The zero-order valence-corrected chi connectivity index (χ0v) is 10.3. The Balaban J connectivity index is 2.26. The van der Waals surface area contributed by atoms with Gasteiger partial charge in [0.15, 0.2) is 5.78 Å². The fraction of sp³-hybridized carbons (Fsp3) is 0.533. The Kier molecular flexibility index (Phi) is 3.42. The number of hydrogen-bond donors (Lipinski definition) is 0. The van der Waals surface area contributed by atoms with Crippen LogP contribution in [0.1, 0.15) is 54.6 Å². The standard InChI is InChI=1S/C15H20O/c1-3-11(2)15(16)14-9-8-12-6-4-5-7-13(12)10-14/h8-11H,3-7H2,1-2H3. The monoisotopic (exact) mass is 216 g/mol. The van der Waals surface area contributed by atoms with Crippen molar-refractivity contribution in [2.45, 2.75) is 46.0 Å². The first-order chi connectivity index (χ1) is 7.72. The number of Topliss-reactive ketones (excluding diaryl/α,β-unsaturated/α-hetero) is 1. The molecule has 0 N–H and O–H groups in total. The molecular weight excluding hydrogens is 196 g/mol. The molecule has 0 fully saturated rings. The van der Waals surface area contributed by atoms with Crippen LogP contribution in [0.15, 0.2) is 18.2 Å². The maximum Gasteiger partial charge on any atom is 0.165 e. The molecule has 1 atom stereocenters. The third kappa shape index (κ3) is 2.18. The summed E-state index contributed by atoms with van der Waals surface area (Å²) < 4.78 is 0. The lowest BCUT2D eigenvalue weighted by atomic mass is 9.88. The molecule has 1 unspecified atom stereocenters. The molecule has 0 saturated heterocycles. The summed E-state index contributed by atoms with van der Waals surface area (Å²) in [7, 11) is 0. The molecule has 1 aliphatic rings. The van der Waals surface area contributed by atoms with E-state index in [0.717, 1.165) is 18.4 Å². The van der Waals surface area contributed by atoms with Crippen LogP contribution in [0.2, 0.25) is 0 Å². The van der Waals surface area contributed by atoms with Gasteiger partial charge in [0.25, 0.3) is 0 Å². The van der Waals surface area contributed by atoms with E-state index < -0.39 is 0 Å². The molecule has 1 aromatic carbocycles. The van der Waals surface area contributed by atoms with E-state index in [9.17, 15) is 4.79 Å². The Hall–Kier alpha value is -1.11. The third-order valence-corrected chi connectivity index (χ3v) is 3.69. The summed E-state index contributed by atoms with van der Waals surface area (Å²) >= 11 is 0. The van der Waals surface area contributed by atoms with Crippen molar-refractivity contribution in [3.63, 3.8) is 0 Å². The predicted octanol–water partition coefficient (Wildman–Crippen LogP) is 3.79. The van der Waals surface area contributed by atoms with Gasteiger partial charge in [-0.1, -0.05) is 26.0 Å². The molecule has 86 valence electrons. The Morgan fingerprint density at radius 3 is 2.62 bits per heavy atom. The van der Waals surface area contributed by atoms with Gasteiger partial charge in [-0.3, -0.25) is 4.79 Å². The second kappa shape index (κ2) is 4.82. The van der Waals surface area contributed by atoms with Gasteiger partial charge in [0, 0.05) is 11.5 Å². The number of ketones is 1. The van der Waals surface area contributed by atoms with Crippen molar-refractivity contribution in [3.05, 3.63) is 34.9 Å². The van der Waals surface area contributed by atoms with Gasteiger partial charge in [-0.05, 0) is 49.3 Å². The summed E-state index contributed by atoms with van der Waals surface area (Å²) in [6.45, 7) is 4.09. The van der Waals surface area contributed by atoms with Crippen LogP contribution in [0.5, 0.6) is 0 Å². The number of benzene rings is 1. The molecule has 1 nitrogen and oxygen atoms in total. The minimum atomic E-state index is 0.154. The zero-order chi connectivity index (χ0) is 11.5. The summed E-state index contributed by atoms with van der Waals surface area (Å²) in [5.41, 5.74) is 3.77. The molecular formula is C15H20O. The van der Waals surface area contributed by atoms with Gasteiger partial charge in [0.2, 0.25) is 0 Å². The zero-order valence-electron chi connectivity index (χ0n) is 10.3. The first kappa shape index (κ1) is 11.4. The summed E-state index contributed by atoms with van der Waals surface area (Å²) in [4.78, 5) is 12.1. The van der Waals surface area contributed by atoms with Crippen LogP contribution in [0.25, 0.3) is 0 Å². The smallest absolute Gasteiger partial charge is 0.165 e. The van der Waals surface area contributed by atoms with Gasteiger partial charge in [-0.2, -0.15) is 0 Å². The highest BCUT2D eigenvalue weighted by Gasteiger charge is 2.16. The van der Waals surface area contributed by atoms with Crippen LogP contribution in [0.4, 0.5) is 0 Å². The topological polar surface area (TPSA) is 17.1 Å². The van der Waals surface area contributed by atoms with Gasteiger partial charge in [-0.15, -0.1) is 0 Å². The van der Waals surface area contributed by atoms with Gasteiger partial charge in [0.1, 0.15) is 0 Å². The minimum Gasteiger partial charge on any atom is -0.294 e. The number of fused-ring (bicyclic) bond motifs is 1. The molecule has 1 aliphatic carbocycles. The van der Waals surface area contributed by atoms with Crippen molar-refractivity contribution >= 4 is 5.78 Å². The van der Waals surface area contributed by atoms with Crippen molar-refractivity contribution in [2.24, 2.45) is 5.92 Å². The lowest BCUT2D eigenvalue weighted by Gasteiger charge is -2.17. The largest absolute Gasteiger partial charge is 0.294 e. The summed E-state index contributed by atoms with van der Waals surface area (Å²) in [6.07, 6.45) is 5.83. The first-order valence-electron chi connectivity index (χ1n) is 6.38. The molecule has 2 rings (SSSR count). The molecule has 1 heteroatoms. The van der Waals surface area contributed by atoms with E-state index in [4.69, 9.17) is 0 Å². The Labute approximate surface area is 97.9 Å². The highest BCUT2D eigenvalue weighted by molar-refractivity contribution is 5.97. The molecule has 0 radical (unpaired) electrons. The average Bonchev–Trinajstić information content (AvgIpc) is 2.36. The Morgan fingerprint density at radius 1 is 1.25 bits per heavy atom. The van der Waals surface area contributed by atoms with Crippen LogP contribution in [0, 0.1) is 5.92 Å². The molecule has 1 aromatic rings. The number of carbonyl (C=O) groups is 1. The molecule has 0 aromatic heterocycles. The molecule has 16 heavy (non-hydrogen) atoms. The van der Waals surface area contributed by atoms with Crippen LogP contribution in [-0.4, -0.2) is 5.78 Å². The molecule has 0 amide bonds. The minimum absolute atomic E-state index is 0.154. The van der Waals surface area contributed by atoms with Crippen molar-refractivity contribution in [1.82, 2.24) is 0 Å². The van der Waals surface area contributed by atoms with Gasteiger partial charge in [-0.25, -0.2) is 0 Å². The maximum absolute atomic E-state index is 12.1. The number of hydrogen-bond acceptors (Lipinski definition) is 1. The van der Waals surface area contributed by atoms with E-state index >= 15 is 0 Å². The SMILES string of the molecule is CCC(C)C(=O)c1ccc2c(c1)CCCC2. The fourth-order valence-electron chi connectivity index (χ4n) is 2.36.